The predicted molar refractivity (Wildman–Crippen MR) is 60.7 cm³/mol. The number of hydrogen-bond acceptors (Lipinski definition) is 1. The summed E-state index contributed by atoms with van der Waals surface area (Å²) in [5.74, 6) is 0.0265. The van der Waals surface area contributed by atoms with Gasteiger partial charge in [-0.2, -0.15) is 13.2 Å². The van der Waals surface area contributed by atoms with E-state index in [1.807, 2.05) is 0 Å². The number of carbonyl (C=O) groups is 1. The van der Waals surface area contributed by atoms with Crippen LogP contribution in [-0.2, 0) is 17.5 Å². The first-order valence-corrected chi connectivity index (χ1v) is 5.91. The molecule has 0 spiro atoms. The number of likely N-dealkylation sites (tertiary alicyclic amines) is 1. The van der Waals surface area contributed by atoms with Crippen LogP contribution in [0, 0.1) is 0 Å². The monoisotopic (exact) mass is 257 g/mol. The third-order valence-electron chi connectivity index (χ3n) is 3.05. The molecule has 0 saturated carbocycles. The molecule has 1 aromatic carbocycles. The summed E-state index contributed by atoms with van der Waals surface area (Å²) >= 11 is 0. The summed E-state index contributed by atoms with van der Waals surface area (Å²) in [5.41, 5.74) is -0.135. The molecule has 0 unspecified atom stereocenters. The second-order valence-corrected chi connectivity index (χ2v) is 4.47. The second-order valence-electron chi connectivity index (χ2n) is 4.47. The van der Waals surface area contributed by atoms with Crippen LogP contribution < -0.4 is 0 Å². The first kappa shape index (κ1) is 12.9. The van der Waals surface area contributed by atoms with Gasteiger partial charge in [-0.3, -0.25) is 4.79 Å². The number of piperidine rings is 1. The van der Waals surface area contributed by atoms with Crippen LogP contribution in [0.1, 0.15) is 30.4 Å². The van der Waals surface area contributed by atoms with Gasteiger partial charge in [0.15, 0.2) is 0 Å². The zero-order chi connectivity index (χ0) is 13.2. The van der Waals surface area contributed by atoms with E-state index in [2.05, 4.69) is 0 Å². The Labute approximate surface area is 103 Å². The Kier molecular flexibility index (Phi) is 3.59. The van der Waals surface area contributed by atoms with E-state index in [4.69, 9.17) is 0 Å². The Hall–Kier alpha value is -1.52. The molecular formula is C13H14F3NO. The molecule has 1 heterocycles. The molecule has 5 heteroatoms. The van der Waals surface area contributed by atoms with Gasteiger partial charge in [0.1, 0.15) is 0 Å². The van der Waals surface area contributed by atoms with E-state index in [0.29, 0.717) is 18.5 Å². The van der Waals surface area contributed by atoms with Crippen molar-refractivity contribution in [2.45, 2.75) is 32.0 Å². The predicted octanol–water partition coefficient (Wildman–Crippen LogP) is 3.22. The molecular weight excluding hydrogens is 243 g/mol. The Bertz CT molecular complexity index is 442. The lowest BCUT2D eigenvalue weighted by Crippen LogP contribution is -2.34. The van der Waals surface area contributed by atoms with Crippen molar-refractivity contribution in [2.75, 3.05) is 6.54 Å². The smallest absolute Gasteiger partial charge is 0.338 e. The van der Waals surface area contributed by atoms with Crippen LogP contribution in [0.2, 0.25) is 0 Å². The van der Waals surface area contributed by atoms with E-state index >= 15 is 0 Å². The van der Waals surface area contributed by atoms with Crippen molar-refractivity contribution in [2.24, 2.45) is 0 Å². The number of amides is 1. The Morgan fingerprint density at radius 2 is 2.00 bits per heavy atom. The summed E-state index contributed by atoms with van der Waals surface area (Å²) in [6, 6.07) is 5.16. The largest absolute Gasteiger partial charge is 0.416 e. The van der Waals surface area contributed by atoms with Gasteiger partial charge in [0.25, 0.3) is 0 Å². The number of benzene rings is 1. The Morgan fingerprint density at radius 3 is 2.67 bits per heavy atom. The fraction of sp³-hybridized carbons (Fsp3) is 0.462. The lowest BCUT2D eigenvalue weighted by atomic mass is 10.1. The molecule has 1 aliphatic heterocycles. The van der Waals surface area contributed by atoms with Crippen LogP contribution in [0.3, 0.4) is 0 Å². The van der Waals surface area contributed by atoms with Gasteiger partial charge in [0.2, 0.25) is 5.91 Å². The van der Waals surface area contributed by atoms with Gasteiger partial charge in [-0.25, -0.2) is 0 Å². The third kappa shape index (κ3) is 3.03. The van der Waals surface area contributed by atoms with E-state index in [0.717, 1.165) is 25.0 Å². The minimum Gasteiger partial charge on any atom is -0.338 e. The molecule has 1 amide bonds. The summed E-state index contributed by atoms with van der Waals surface area (Å²) in [7, 11) is 0. The average molecular weight is 257 g/mol. The van der Waals surface area contributed by atoms with E-state index in [1.165, 1.54) is 6.07 Å². The van der Waals surface area contributed by atoms with Gasteiger partial charge in [-0.15, -0.1) is 0 Å². The van der Waals surface area contributed by atoms with E-state index < -0.39 is 11.7 Å². The minimum absolute atomic E-state index is 0.0265. The van der Waals surface area contributed by atoms with E-state index in [1.54, 1.807) is 11.0 Å². The Morgan fingerprint density at radius 1 is 1.22 bits per heavy atom. The number of rotatable bonds is 2. The lowest BCUT2D eigenvalue weighted by molar-refractivity contribution is -0.137. The van der Waals surface area contributed by atoms with Gasteiger partial charge in [0, 0.05) is 19.5 Å². The topological polar surface area (TPSA) is 20.3 Å². The second kappa shape index (κ2) is 5.00. The first-order chi connectivity index (χ1) is 8.47. The highest BCUT2D eigenvalue weighted by Gasteiger charge is 2.30. The molecule has 1 aromatic rings. The molecule has 2 nitrogen and oxygen atoms in total. The zero-order valence-electron chi connectivity index (χ0n) is 9.83. The van der Waals surface area contributed by atoms with Crippen LogP contribution in [0.25, 0.3) is 0 Å². The summed E-state index contributed by atoms with van der Waals surface area (Å²) in [5, 5.41) is 0. The van der Waals surface area contributed by atoms with Crippen molar-refractivity contribution in [3.05, 3.63) is 35.4 Å². The summed E-state index contributed by atoms with van der Waals surface area (Å²) < 4.78 is 37.6. The molecule has 1 saturated heterocycles. The van der Waals surface area contributed by atoms with Gasteiger partial charge in [-0.1, -0.05) is 12.1 Å². The van der Waals surface area contributed by atoms with Crippen molar-refractivity contribution in [1.29, 1.82) is 0 Å². The van der Waals surface area contributed by atoms with Gasteiger partial charge in [-0.05, 0) is 30.5 Å². The number of alkyl halides is 3. The molecule has 0 N–H and O–H groups in total. The summed E-state index contributed by atoms with van der Waals surface area (Å²) in [6.45, 7) is 0.901. The van der Waals surface area contributed by atoms with Crippen LogP contribution in [0.15, 0.2) is 24.3 Å². The van der Waals surface area contributed by atoms with Crippen molar-refractivity contribution in [3.8, 4) is 0 Å². The number of hydrogen-bond donors (Lipinski definition) is 0. The van der Waals surface area contributed by atoms with Crippen molar-refractivity contribution in [1.82, 2.24) is 4.90 Å². The number of halogens is 3. The summed E-state index contributed by atoms with van der Waals surface area (Å²) in [4.78, 5) is 13.2. The SMILES string of the molecule is O=C1CCCCN1Cc1cccc(C(F)(F)F)c1. The first-order valence-electron chi connectivity index (χ1n) is 5.91. The van der Waals surface area contributed by atoms with Crippen LogP contribution in [0.4, 0.5) is 13.2 Å². The van der Waals surface area contributed by atoms with Gasteiger partial charge in [0.05, 0.1) is 5.56 Å². The highest BCUT2D eigenvalue weighted by Crippen LogP contribution is 2.29. The highest BCUT2D eigenvalue weighted by molar-refractivity contribution is 5.76. The molecule has 0 bridgehead atoms. The minimum atomic E-state index is -4.33. The molecule has 0 aromatic heterocycles. The number of carbonyl (C=O) groups excluding carboxylic acids is 1. The van der Waals surface area contributed by atoms with E-state index in [9.17, 15) is 18.0 Å². The molecule has 98 valence electrons. The summed E-state index contributed by atoms with van der Waals surface area (Å²) in [6.07, 6.45) is -2.04. The maximum Gasteiger partial charge on any atom is 0.416 e. The van der Waals surface area contributed by atoms with Crippen LogP contribution >= 0.6 is 0 Å². The molecule has 1 aliphatic rings. The molecule has 1 fully saturated rings. The Balaban J connectivity index is 2.12. The zero-order valence-corrected chi connectivity index (χ0v) is 9.83. The van der Waals surface area contributed by atoms with Crippen LogP contribution in [0.5, 0.6) is 0 Å². The third-order valence-corrected chi connectivity index (χ3v) is 3.05. The van der Waals surface area contributed by atoms with Crippen LogP contribution in [-0.4, -0.2) is 17.4 Å². The molecule has 0 atom stereocenters. The molecule has 2 rings (SSSR count). The average Bonchev–Trinajstić information content (AvgIpc) is 2.31. The standard InChI is InChI=1S/C13H14F3NO/c14-13(15,16)11-5-3-4-10(8-11)9-17-7-2-1-6-12(17)18/h3-5,8H,1-2,6-7,9H2. The van der Waals surface area contributed by atoms with Crippen molar-refractivity contribution < 1.29 is 18.0 Å². The maximum absolute atomic E-state index is 12.5. The van der Waals surface area contributed by atoms with Gasteiger partial charge >= 0.3 is 6.18 Å². The fourth-order valence-corrected chi connectivity index (χ4v) is 2.10. The maximum atomic E-state index is 12.5. The number of nitrogens with zero attached hydrogens (tertiary/aromatic N) is 1. The molecule has 18 heavy (non-hydrogen) atoms. The normalized spacial score (nSPS) is 17.1. The van der Waals surface area contributed by atoms with Gasteiger partial charge < -0.3 is 4.90 Å². The molecule has 0 aliphatic carbocycles. The van der Waals surface area contributed by atoms with Crippen molar-refractivity contribution in [3.63, 3.8) is 0 Å². The highest BCUT2D eigenvalue weighted by atomic mass is 19.4. The quantitative estimate of drug-likeness (QED) is 0.796. The fourth-order valence-electron chi connectivity index (χ4n) is 2.10. The van der Waals surface area contributed by atoms with E-state index in [-0.39, 0.29) is 12.5 Å². The van der Waals surface area contributed by atoms with Crippen molar-refractivity contribution >= 4 is 5.91 Å². The lowest BCUT2D eigenvalue weighted by Gasteiger charge is -2.27. The molecule has 0 radical (unpaired) electrons.